The molecule has 0 bridgehead atoms. The van der Waals surface area contributed by atoms with Crippen molar-refractivity contribution in [2.45, 2.75) is 10.9 Å². The summed E-state index contributed by atoms with van der Waals surface area (Å²) in [4.78, 5) is 12.5. The highest BCUT2D eigenvalue weighted by atomic mass is 35.5. The molecule has 0 saturated carbocycles. The van der Waals surface area contributed by atoms with E-state index in [-0.39, 0.29) is 11.0 Å². The van der Waals surface area contributed by atoms with E-state index in [1.807, 2.05) is 18.2 Å². The standard InChI is InChI=1S/C17H15Cl2N5O2S/c1-26-14-7-6-11(18)8-13(14)21-15-16(25)24(20)17(23-22-15)27-9-10-4-2-3-5-12(10)19/h2-8H,9,20H2,1H3,(H,21,22). The summed E-state index contributed by atoms with van der Waals surface area (Å²) in [5.41, 5.74) is 0.853. The Labute approximate surface area is 169 Å². The number of methoxy groups -OCH3 is 1. The number of benzene rings is 2. The number of halogens is 2. The summed E-state index contributed by atoms with van der Waals surface area (Å²) < 4.78 is 6.18. The van der Waals surface area contributed by atoms with Crippen molar-refractivity contribution in [2.75, 3.05) is 18.3 Å². The van der Waals surface area contributed by atoms with Crippen LogP contribution in [0, 0.1) is 0 Å². The van der Waals surface area contributed by atoms with Gasteiger partial charge in [0.25, 0.3) is 0 Å². The van der Waals surface area contributed by atoms with Gasteiger partial charge in [0.15, 0.2) is 0 Å². The van der Waals surface area contributed by atoms with Crippen LogP contribution in [-0.2, 0) is 5.75 Å². The minimum atomic E-state index is -0.534. The van der Waals surface area contributed by atoms with Crippen LogP contribution < -0.4 is 21.5 Å². The highest BCUT2D eigenvalue weighted by Gasteiger charge is 2.14. The summed E-state index contributed by atoms with van der Waals surface area (Å²) in [6, 6.07) is 12.4. The van der Waals surface area contributed by atoms with E-state index >= 15 is 0 Å². The SMILES string of the molecule is COc1ccc(Cl)cc1Nc1nnc(SCc2ccccc2Cl)n(N)c1=O. The molecule has 0 aliphatic carbocycles. The molecule has 3 rings (SSSR count). The van der Waals surface area contributed by atoms with E-state index in [9.17, 15) is 4.79 Å². The zero-order valence-electron chi connectivity index (χ0n) is 14.1. The molecule has 1 aromatic heterocycles. The fourth-order valence-electron chi connectivity index (χ4n) is 2.22. The molecule has 0 amide bonds. The van der Waals surface area contributed by atoms with Crippen LogP contribution >= 0.6 is 35.0 Å². The van der Waals surface area contributed by atoms with Gasteiger partial charge in [-0.05, 0) is 29.8 Å². The van der Waals surface area contributed by atoms with Crippen molar-refractivity contribution in [3.8, 4) is 5.75 Å². The maximum atomic E-state index is 12.5. The molecule has 3 aromatic rings. The van der Waals surface area contributed by atoms with Crippen molar-refractivity contribution < 1.29 is 4.74 Å². The van der Waals surface area contributed by atoms with Crippen molar-refractivity contribution in [3.63, 3.8) is 0 Å². The van der Waals surface area contributed by atoms with Crippen molar-refractivity contribution in [2.24, 2.45) is 0 Å². The third-order valence-electron chi connectivity index (χ3n) is 3.59. The summed E-state index contributed by atoms with van der Waals surface area (Å²) in [7, 11) is 1.51. The van der Waals surface area contributed by atoms with Gasteiger partial charge in [0.1, 0.15) is 5.75 Å². The van der Waals surface area contributed by atoms with E-state index < -0.39 is 5.56 Å². The Balaban J connectivity index is 1.82. The molecule has 7 nitrogen and oxygen atoms in total. The molecular weight excluding hydrogens is 409 g/mol. The average Bonchev–Trinajstić information content (AvgIpc) is 2.66. The van der Waals surface area contributed by atoms with Gasteiger partial charge >= 0.3 is 5.56 Å². The van der Waals surface area contributed by atoms with Crippen molar-refractivity contribution in [1.82, 2.24) is 14.9 Å². The van der Waals surface area contributed by atoms with Crippen LogP contribution in [0.4, 0.5) is 11.5 Å². The Hall–Kier alpha value is -2.42. The predicted octanol–water partition coefficient (Wildman–Crippen LogP) is 3.70. The van der Waals surface area contributed by atoms with Crippen LogP contribution in [0.2, 0.25) is 10.0 Å². The average molecular weight is 424 g/mol. The number of hydrogen-bond donors (Lipinski definition) is 2. The first kappa shape index (κ1) is 19.3. The third kappa shape index (κ3) is 4.47. The topological polar surface area (TPSA) is 95.1 Å². The lowest BCUT2D eigenvalue weighted by molar-refractivity contribution is 0.417. The molecular formula is C17H15Cl2N5O2S. The second-order valence-electron chi connectivity index (χ2n) is 5.36. The molecule has 3 N–H and O–H groups in total. The number of nitrogen functional groups attached to an aromatic ring is 1. The molecule has 2 aromatic carbocycles. The summed E-state index contributed by atoms with van der Waals surface area (Å²) >= 11 is 13.4. The van der Waals surface area contributed by atoms with Crippen molar-refractivity contribution in [1.29, 1.82) is 0 Å². The van der Waals surface area contributed by atoms with Gasteiger partial charge in [0, 0.05) is 15.8 Å². The number of ether oxygens (including phenoxy) is 1. The first-order valence-corrected chi connectivity index (χ1v) is 9.45. The van der Waals surface area contributed by atoms with Gasteiger partial charge < -0.3 is 15.9 Å². The minimum Gasteiger partial charge on any atom is -0.495 e. The molecule has 10 heteroatoms. The lowest BCUT2D eigenvalue weighted by atomic mass is 10.2. The van der Waals surface area contributed by atoms with Gasteiger partial charge in [0.05, 0.1) is 12.8 Å². The monoisotopic (exact) mass is 423 g/mol. The molecule has 0 aliphatic heterocycles. The highest BCUT2D eigenvalue weighted by molar-refractivity contribution is 7.98. The summed E-state index contributed by atoms with van der Waals surface area (Å²) in [6.07, 6.45) is 0. The first-order valence-electron chi connectivity index (χ1n) is 7.71. The highest BCUT2D eigenvalue weighted by Crippen LogP contribution is 2.29. The first-order chi connectivity index (χ1) is 13.0. The smallest absolute Gasteiger partial charge is 0.315 e. The van der Waals surface area contributed by atoms with E-state index in [2.05, 4.69) is 15.5 Å². The number of hydrogen-bond acceptors (Lipinski definition) is 7. The molecule has 0 fully saturated rings. The summed E-state index contributed by atoms with van der Waals surface area (Å²) in [5, 5.41) is 12.2. The molecule has 0 spiro atoms. The molecule has 0 atom stereocenters. The van der Waals surface area contributed by atoms with E-state index in [1.54, 1.807) is 24.3 Å². The number of nitrogens with one attached hydrogen (secondary N) is 1. The minimum absolute atomic E-state index is 0.0415. The molecule has 27 heavy (non-hydrogen) atoms. The Kier molecular flexibility index (Phi) is 6.10. The van der Waals surface area contributed by atoms with Gasteiger partial charge in [-0.1, -0.05) is 53.2 Å². The normalized spacial score (nSPS) is 10.6. The molecule has 0 unspecified atom stereocenters. The van der Waals surface area contributed by atoms with Gasteiger partial charge in [-0.25, -0.2) is 0 Å². The van der Waals surface area contributed by atoms with Crippen LogP contribution in [0.1, 0.15) is 5.56 Å². The number of rotatable bonds is 6. The van der Waals surface area contributed by atoms with Crippen LogP contribution in [0.25, 0.3) is 0 Å². The zero-order valence-corrected chi connectivity index (χ0v) is 16.5. The Morgan fingerprint density at radius 1 is 1.22 bits per heavy atom. The summed E-state index contributed by atoms with van der Waals surface area (Å²) in [6.45, 7) is 0. The van der Waals surface area contributed by atoms with E-state index in [0.29, 0.717) is 27.2 Å². The fourth-order valence-corrected chi connectivity index (χ4v) is 3.54. The molecule has 0 saturated heterocycles. The number of nitrogens with zero attached hydrogens (tertiary/aromatic N) is 3. The van der Waals surface area contributed by atoms with E-state index in [0.717, 1.165) is 10.2 Å². The largest absolute Gasteiger partial charge is 0.495 e. The predicted molar refractivity (Wildman–Crippen MR) is 109 cm³/mol. The lowest BCUT2D eigenvalue weighted by Crippen LogP contribution is -2.32. The second-order valence-corrected chi connectivity index (χ2v) is 7.14. The lowest BCUT2D eigenvalue weighted by Gasteiger charge is -2.12. The molecule has 1 heterocycles. The van der Waals surface area contributed by atoms with E-state index in [4.69, 9.17) is 33.8 Å². The van der Waals surface area contributed by atoms with Crippen LogP contribution in [0.3, 0.4) is 0 Å². The zero-order chi connectivity index (χ0) is 19.4. The van der Waals surface area contributed by atoms with Crippen molar-refractivity contribution in [3.05, 3.63) is 68.4 Å². The van der Waals surface area contributed by atoms with Gasteiger partial charge in [-0.15, -0.1) is 10.2 Å². The Bertz CT molecular complexity index is 1030. The molecule has 0 aliphatic rings. The van der Waals surface area contributed by atoms with Crippen LogP contribution in [-0.4, -0.2) is 22.0 Å². The molecule has 0 radical (unpaired) electrons. The number of thioether (sulfide) groups is 1. The number of nitrogens with two attached hydrogens (primary N) is 1. The van der Waals surface area contributed by atoms with Gasteiger partial charge in [0.2, 0.25) is 11.0 Å². The van der Waals surface area contributed by atoms with Gasteiger partial charge in [-0.2, -0.15) is 4.68 Å². The van der Waals surface area contributed by atoms with Crippen LogP contribution in [0.15, 0.2) is 52.4 Å². The Morgan fingerprint density at radius 2 is 2.00 bits per heavy atom. The number of anilines is 2. The van der Waals surface area contributed by atoms with Gasteiger partial charge in [-0.3, -0.25) is 4.79 Å². The number of aromatic nitrogens is 3. The van der Waals surface area contributed by atoms with E-state index in [1.165, 1.54) is 18.9 Å². The summed E-state index contributed by atoms with van der Waals surface area (Å²) in [5.74, 6) is 6.85. The fraction of sp³-hybridized carbons (Fsp3) is 0.118. The molecule has 140 valence electrons. The quantitative estimate of drug-likeness (QED) is 0.460. The maximum Gasteiger partial charge on any atom is 0.315 e. The Morgan fingerprint density at radius 3 is 2.74 bits per heavy atom. The van der Waals surface area contributed by atoms with Crippen LogP contribution in [0.5, 0.6) is 5.75 Å². The second kappa shape index (κ2) is 8.51. The third-order valence-corrected chi connectivity index (χ3v) is 5.19. The van der Waals surface area contributed by atoms with Crippen molar-refractivity contribution >= 4 is 46.5 Å². The maximum absolute atomic E-state index is 12.5.